The van der Waals surface area contributed by atoms with E-state index in [1.54, 1.807) is 0 Å². The number of hydrogen-bond acceptors (Lipinski definition) is 4. The molecule has 1 unspecified atom stereocenters. The molecule has 1 atom stereocenters. The molecule has 0 radical (unpaired) electrons. The van der Waals surface area contributed by atoms with Crippen LogP contribution in [0.3, 0.4) is 0 Å². The van der Waals surface area contributed by atoms with Gasteiger partial charge in [0.15, 0.2) is 17.5 Å². The molecule has 1 aliphatic carbocycles. The Balaban J connectivity index is 1.27. The van der Waals surface area contributed by atoms with Crippen LogP contribution in [-0.2, 0) is 12.8 Å². The number of thiophene rings is 1. The van der Waals surface area contributed by atoms with Gasteiger partial charge < -0.3 is 0 Å². The van der Waals surface area contributed by atoms with E-state index in [0.29, 0.717) is 23.4 Å². The highest BCUT2D eigenvalue weighted by atomic mass is 32.1. The van der Waals surface area contributed by atoms with Crippen LogP contribution in [0.1, 0.15) is 29.0 Å². The molecule has 0 saturated heterocycles. The van der Waals surface area contributed by atoms with E-state index in [9.17, 15) is 0 Å². The molecule has 6 aromatic carbocycles. The van der Waals surface area contributed by atoms with E-state index in [-0.39, 0.29) is 0 Å². The number of aryl methyl sites for hydroxylation is 1. The van der Waals surface area contributed by atoms with Gasteiger partial charge >= 0.3 is 0 Å². The molecule has 2 aromatic heterocycles. The summed E-state index contributed by atoms with van der Waals surface area (Å²) in [6, 6.07) is 52.0. The topological polar surface area (TPSA) is 38.7 Å². The van der Waals surface area contributed by atoms with Gasteiger partial charge in [0.05, 0.1) is 0 Å². The third kappa shape index (κ3) is 5.11. The summed E-state index contributed by atoms with van der Waals surface area (Å²) >= 11 is 1.83. The minimum atomic E-state index is 0.343. The van der Waals surface area contributed by atoms with Crippen LogP contribution in [0.2, 0.25) is 0 Å². The van der Waals surface area contributed by atoms with Gasteiger partial charge in [0.1, 0.15) is 0 Å². The van der Waals surface area contributed by atoms with Gasteiger partial charge in [0, 0.05) is 36.9 Å². The van der Waals surface area contributed by atoms with Gasteiger partial charge in [0.2, 0.25) is 0 Å². The van der Waals surface area contributed by atoms with Crippen molar-refractivity contribution in [3.63, 3.8) is 0 Å². The summed E-state index contributed by atoms with van der Waals surface area (Å²) < 4.78 is 2.49. The number of aromatic nitrogens is 3. The number of nitrogens with zero attached hydrogens (tertiary/aromatic N) is 3. The Morgan fingerprint density at radius 2 is 1.06 bits per heavy atom. The quantitative estimate of drug-likeness (QED) is 0.196. The molecule has 0 fully saturated rings. The summed E-state index contributed by atoms with van der Waals surface area (Å²) in [5, 5.41) is 2.56. The van der Waals surface area contributed by atoms with Crippen LogP contribution in [0.5, 0.6) is 0 Å². The molecule has 8 aromatic rings. The predicted molar refractivity (Wildman–Crippen MR) is 196 cm³/mol. The van der Waals surface area contributed by atoms with Crippen molar-refractivity contribution in [2.24, 2.45) is 0 Å². The average Bonchev–Trinajstić information content (AvgIpc) is 3.51. The summed E-state index contributed by atoms with van der Waals surface area (Å²) in [5.74, 6) is 2.43. The lowest BCUT2D eigenvalue weighted by Crippen LogP contribution is -2.10. The predicted octanol–water partition coefficient (Wildman–Crippen LogP) is 11.2. The maximum atomic E-state index is 5.19. The van der Waals surface area contributed by atoms with Crippen molar-refractivity contribution in [2.75, 3.05) is 0 Å². The molecule has 3 nitrogen and oxygen atoms in total. The van der Waals surface area contributed by atoms with Gasteiger partial charge in [-0.15, -0.1) is 11.3 Å². The van der Waals surface area contributed by atoms with Crippen molar-refractivity contribution in [1.29, 1.82) is 0 Å². The van der Waals surface area contributed by atoms with E-state index >= 15 is 0 Å². The molecule has 0 aliphatic heterocycles. The highest BCUT2D eigenvalue weighted by Crippen LogP contribution is 2.44. The number of rotatable bonds is 4. The second kappa shape index (κ2) is 11.7. The Kier molecular flexibility index (Phi) is 6.94. The summed E-state index contributed by atoms with van der Waals surface area (Å²) in [7, 11) is 0. The molecular formula is C43H31N3S. The van der Waals surface area contributed by atoms with E-state index in [1.807, 2.05) is 47.7 Å². The molecule has 1 aliphatic rings. The fourth-order valence-corrected chi connectivity index (χ4v) is 8.32. The normalized spacial score (nSPS) is 14.3. The van der Waals surface area contributed by atoms with Crippen molar-refractivity contribution in [2.45, 2.75) is 25.2 Å². The van der Waals surface area contributed by atoms with Gasteiger partial charge in [0.25, 0.3) is 0 Å². The van der Waals surface area contributed by atoms with Crippen LogP contribution in [-0.4, -0.2) is 15.0 Å². The maximum Gasteiger partial charge on any atom is 0.165 e. The lowest BCUT2D eigenvalue weighted by molar-refractivity contribution is 0.619. The minimum absolute atomic E-state index is 0.343. The first kappa shape index (κ1) is 27.8. The van der Waals surface area contributed by atoms with Crippen molar-refractivity contribution >= 4 is 31.5 Å². The number of benzene rings is 6. The Hall–Kier alpha value is -5.45. The molecule has 4 heteroatoms. The van der Waals surface area contributed by atoms with Crippen LogP contribution in [0.25, 0.3) is 65.5 Å². The maximum absolute atomic E-state index is 5.19. The first-order chi connectivity index (χ1) is 23.3. The van der Waals surface area contributed by atoms with E-state index in [1.165, 1.54) is 48.0 Å². The molecule has 9 rings (SSSR count). The molecule has 0 amide bonds. The molecule has 224 valence electrons. The monoisotopic (exact) mass is 621 g/mol. The van der Waals surface area contributed by atoms with E-state index in [0.717, 1.165) is 36.0 Å². The summed E-state index contributed by atoms with van der Waals surface area (Å²) in [6.07, 6.45) is 3.09. The van der Waals surface area contributed by atoms with Crippen molar-refractivity contribution < 1.29 is 0 Å². The van der Waals surface area contributed by atoms with Gasteiger partial charge in [-0.25, -0.2) is 15.0 Å². The molecular weight excluding hydrogens is 591 g/mol. The lowest BCUT2D eigenvalue weighted by atomic mass is 9.80. The van der Waals surface area contributed by atoms with Gasteiger partial charge in [-0.05, 0) is 71.2 Å². The Bertz CT molecular complexity index is 2340. The summed E-state index contributed by atoms with van der Waals surface area (Å²) in [5.41, 5.74) is 9.92. The largest absolute Gasteiger partial charge is 0.208 e. The second-order valence-corrected chi connectivity index (χ2v) is 13.4. The molecule has 2 heterocycles. The Morgan fingerprint density at radius 1 is 0.489 bits per heavy atom. The average molecular weight is 622 g/mol. The molecule has 0 bridgehead atoms. The lowest BCUT2D eigenvalue weighted by Gasteiger charge is -2.25. The first-order valence-electron chi connectivity index (χ1n) is 16.3. The molecule has 0 N–H and O–H groups in total. The van der Waals surface area contributed by atoms with E-state index in [2.05, 4.69) is 109 Å². The highest BCUT2D eigenvalue weighted by molar-refractivity contribution is 7.26. The Labute approximate surface area is 278 Å². The first-order valence-corrected chi connectivity index (χ1v) is 17.1. The van der Waals surface area contributed by atoms with Gasteiger partial charge in [-0.1, -0.05) is 127 Å². The summed E-state index contributed by atoms with van der Waals surface area (Å²) in [6.45, 7) is 0. The fraction of sp³-hybridized carbons (Fsp3) is 0.0930. The third-order valence-corrected chi connectivity index (χ3v) is 10.7. The van der Waals surface area contributed by atoms with Crippen LogP contribution in [0, 0.1) is 0 Å². The zero-order chi connectivity index (χ0) is 31.2. The number of fused-ring (bicyclic) bond motifs is 6. The second-order valence-electron chi connectivity index (χ2n) is 12.3. The van der Waals surface area contributed by atoms with Crippen LogP contribution >= 0.6 is 11.3 Å². The van der Waals surface area contributed by atoms with Gasteiger partial charge in [-0.3, -0.25) is 0 Å². The van der Waals surface area contributed by atoms with Crippen molar-refractivity contribution in [3.05, 3.63) is 162 Å². The van der Waals surface area contributed by atoms with Crippen molar-refractivity contribution in [3.8, 4) is 45.3 Å². The molecule has 47 heavy (non-hydrogen) atoms. The van der Waals surface area contributed by atoms with Crippen LogP contribution in [0.4, 0.5) is 0 Å². The zero-order valence-electron chi connectivity index (χ0n) is 25.8. The van der Waals surface area contributed by atoms with Gasteiger partial charge in [-0.2, -0.15) is 0 Å². The highest BCUT2D eigenvalue weighted by Gasteiger charge is 2.24. The zero-order valence-corrected chi connectivity index (χ0v) is 26.6. The summed E-state index contributed by atoms with van der Waals surface area (Å²) in [4.78, 5) is 15.4. The molecule has 0 saturated carbocycles. The smallest absolute Gasteiger partial charge is 0.165 e. The fourth-order valence-electron chi connectivity index (χ4n) is 7.12. The molecule has 0 spiro atoms. The van der Waals surface area contributed by atoms with Crippen LogP contribution < -0.4 is 0 Å². The minimum Gasteiger partial charge on any atom is -0.208 e. The van der Waals surface area contributed by atoms with E-state index in [4.69, 9.17) is 15.0 Å². The third-order valence-electron chi connectivity index (χ3n) is 9.47. The SMILES string of the molecule is c1ccc(-c2nc(-c3ccccc3)nc(-c3cc(C4CCc5ccccc5-c5ccccc5C4)cc4c3sc3ccccc34)n2)cc1. The van der Waals surface area contributed by atoms with Crippen LogP contribution in [0.15, 0.2) is 146 Å². The number of hydrogen-bond donors (Lipinski definition) is 0. The standard InChI is InChI=1S/C43H31N3S/c1-3-14-29(15-4-1)41-44-42(30-16-5-2-6-17-30)46-43(45-41)38-27-33(26-37-36-21-11-12-22-39(36)47-40(37)38)31-24-23-28-13-7-9-19-34(28)35-20-10-8-18-32(35)25-31/h1-22,26-27,31H,23-25H2. The van der Waals surface area contributed by atoms with E-state index < -0.39 is 0 Å². The van der Waals surface area contributed by atoms with Crippen molar-refractivity contribution in [1.82, 2.24) is 15.0 Å². The Morgan fingerprint density at radius 3 is 1.79 bits per heavy atom.